The van der Waals surface area contributed by atoms with Gasteiger partial charge in [0.05, 0.1) is 5.69 Å². The van der Waals surface area contributed by atoms with Gasteiger partial charge in [-0.3, -0.25) is 4.98 Å². The summed E-state index contributed by atoms with van der Waals surface area (Å²) in [5, 5.41) is 0. The fraction of sp³-hybridized carbons (Fsp3) is 0.500. The third-order valence-corrected chi connectivity index (χ3v) is 4.91. The molecule has 23 heavy (non-hydrogen) atoms. The predicted molar refractivity (Wildman–Crippen MR) is 92.2 cm³/mol. The molecule has 120 valence electrons. The Kier molecular flexibility index (Phi) is 3.63. The van der Waals surface area contributed by atoms with E-state index in [1.165, 1.54) is 35.5 Å². The number of pyridine rings is 1. The van der Waals surface area contributed by atoms with Gasteiger partial charge in [-0.2, -0.15) is 4.98 Å². The van der Waals surface area contributed by atoms with Gasteiger partial charge in [0.2, 0.25) is 5.95 Å². The van der Waals surface area contributed by atoms with E-state index in [0.29, 0.717) is 5.92 Å². The summed E-state index contributed by atoms with van der Waals surface area (Å²) in [6.45, 7) is 2.08. The number of fused-ring (bicyclic) bond motifs is 1. The second-order valence-electron chi connectivity index (χ2n) is 6.76. The van der Waals surface area contributed by atoms with E-state index in [1.807, 2.05) is 31.4 Å². The summed E-state index contributed by atoms with van der Waals surface area (Å²) in [6.07, 6.45) is 8.48. The highest BCUT2D eigenvalue weighted by Crippen LogP contribution is 2.36. The topological polar surface area (TPSA) is 45.2 Å². The first-order chi connectivity index (χ1) is 11.2. The summed E-state index contributed by atoms with van der Waals surface area (Å²) in [5.41, 5.74) is 4.03. The number of aryl methyl sites for hydroxylation is 1. The van der Waals surface area contributed by atoms with Crippen molar-refractivity contribution >= 4 is 11.8 Å². The van der Waals surface area contributed by atoms with Gasteiger partial charge in [-0.05, 0) is 43.4 Å². The van der Waals surface area contributed by atoms with Crippen LogP contribution in [0.25, 0.3) is 0 Å². The molecule has 0 atom stereocenters. The highest BCUT2D eigenvalue weighted by atomic mass is 15.3. The molecular weight excluding hydrogens is 286 g/mol. The molecule has 0 unspecified atom stereocenters. The number of nitrogens with zero attached hydrogens (tertiary/aromatic N) is 5. The van der Waals surface area contributed by atoms with Crippen LogP contribution >= 0.6 is 0 Å². The van der Waals surface area contributed by atoms with Gasteiger partial charge in [0.1, 0.15) is 5.82 Å². The van der Waals surface area contributed by atoms with Gasteiger partial charge in [-0.25, -0.2) is 4.98 Å². The van der Waals surface area contributed by atoms with Crippen molar-refractivity contribution in [1.29, 1.82) is 0 Å². The standard InChI is InChI=1S/C18H23N5/c1-22(2)18-20-16-6-4-3-5-15(16)17(21-18)23-11-14(12-23)13-7-9-19-10-8-13/h7-10,14H,3-6,11-12H2,1-2H3. The maximum atomic E-state index is 4.86. The SMILES string of the molecule is CN(C)c1nc2c(c(N3CC(c4ccncc4)C3)n1)CCCC2. The largest absolute Gasteiger partial charge is 0.355 e. The van der Waals surface area contributed by atoms with E-state index in [9.17, 15) is 0 Å². The molecule has 1 aliphatic heterocycles. The lowest BCUT2D eigenvalue weighted by Crippen LogP contribution is -2.46. The van der Waals surface area contributed by atoms with Crippen molar-refractivity contribution in [2.45, 2.75) is 31.6 Å². The molecule has 5 heteroatoms. The maximum Gasteiger partial charge on any atom is 0.227 e. The fourth-order valence-electron chi connectivity index (χ4n) is 3.52. The Hall–Kier alpha value is -2.17. The number of rotatable bonds is 3. The van der Waals surface area contributed by atoms with Crippen molar-refractivity contribution in [3.8, 4) is 0 Å². The second-order valence-corrected chi connectivity index (χ2v) is 6.76. The van der Waals surface area contributed by atoms with Gasteiger partial charge >= 0.3 is 0 Å². The summed E-state index contributed by atoms with van der Waals surface area (Å²) >= 11 is 0. The van der Waals surface area contributed by atoms with Crippen LogP contribution in [0.5, 0.6) is 0 Å². The van der Waals surface area contributed by atoms with E-state index in [0.717, 1.165) is 31.9 Å². The van der Waals surface area contributed by atoms with Crippen LogP contribution in [0, 0.1) is 0 Å². The summed E-state index contributed by atoms with van der Waals surface area (Å²) in [7, 11) is 4.04. The molecule has 1 fully saturated rings. The highest BCUT2D eigenvalue weighted by molar-refractivity contribution is 5.56. The third-order valence-electron chi connectivity index (χ3n) is 4.91. The quantitative estimate of drug-likeness (QED) is 0.871. The van der Waals surface area contributed by atoms with Gasteiger partial charge in [-0.15, -0.1) is 0 Å². The molecule has 0 radical (unpaired) electrons. The van der Waals surface area contributed by atoms with E-state index < -0.39 is 0 Å². The van der Waals surface area contributed by atoms with E-state index in [4.69, 9.17) is 9.97 Å². The van der Waals surface area contributed by atoms with Gasteiger partial charge in [0.25, 0.3) is 0 Å². The van der Waals surface area contributed by atoms with Gasteiger partial charge < -0.3 is 9.80 Å². The Morgan fingerprint density at radius 1 is 1.04 bits per heavy atom. The van der Waals surface area contributed by atoms with Gasteiger partial charge in [0.15, 0.2) is 0 Å². The van der Waals surface area contributed by atoms with Crippen LogP contribution in [0.3, 0.4) is 0 Å². The second kappa shape index (κ2) is 5.80. The monoisotopic (exact) mass is 309 g/mol. The minimum atomic E-state index is 0.593. The predicted octanol–water partition coefficient (Wildman–Crippen LogP) is 2.42. The first-order valence-corrected chi connectivity index (χ1v) is 8.44. The number of hydrogen-bond donors (Lipinski definition) is 0. The third kappa shape index (κ3) is 2.64. The molecule has 0 amide bonds. The van der Waals surface area contributed by atoms with Crippen LogP contribution in [-0.2, 0) is 12.8 Å². The van der Waals surface area contributed by atoms with Crippen LogP contribution < -0.4 is 9.80 Å². The van der Waals surface area contributed by atoms with Crippen molar-refractivity contribution in [2.75, 3.05) is 37.0 Å². The first kappa shape index (κ1) is 14.4. The molecule has 0 saturated carbocycles. The van der Waals surface area contributed by atoms with Crippen LogP contribution in [0.1, 0.15) is 35.6 Å². The first-order valence-electron chi connectivity index (χ1n) is 8.44. The Balaban J connectivity index is 1.61. The van der Waals surface area contributed by atoms with E-state index >= 15 is 0 Å². The van der Waals surface area contributed by atoms with Crippen molar-refractivity contribution < 1.29 is 0 Å². The molecule has 3 heterocycles. The zero-order chi connectivity index (χ0) is 15.8. The number of hydrogen-bond acceptors (Lipinski definition) is 5. The summed E-state index contributed by atoms with van der Waals surface area (Å²) in [4.78, 5) is 18.2. The Morgan fingerprint density at radius 3 is 2.52 bits per heavy atom. The summed E-state index contributed by atoms with van der Waals surface area (Å²) < 4.78 is 0. The zero-order valence-electron chi connectivity index (χ0n) is 13.9. The summed E-state index contributed by atoms with van der Waals surface area (Å²) in [5.74, 6) is 2.60. The minimum Gasteiger partial charge on any atom is -0.355 e. The molecule has 2 aromatic heterocycles. The minimum absolute atomic E-state index is 0.593. The Bertz CT molecular complexity index is 692. The zero-order valence-corrected chi connectivity index (χ0v) is 13.9. The molecule has 0 N–H and O–H groups in total. The highest BCUT2D eigenvalue weighted by Gasteiger charge is 2.32. The van der Waals surface area contributed by atoms with Crippen LogP contribution in [0.15, 0.2) is 24.5 Å². The number of anilines is 2. The lowest BCUT2D eigenvalue weighted by Gasteiger charge is -2.42. The van der Waals surface area contributed by atoms with Gasteiger partial charge in [-0.1, -0.05) is 0 Å². The fourth-order valence-corrected chi connectivity index (χ4v) is 3.52. The molecule has 2 aromatic rings. The average molecular weight is 309 g/mol. The summed E-state index contributed by atoms with van der Waals surface area (Å²) in [6, 6.07) is 4.26. The molecule has 2 aliphatic rings. The molecule has 0 bridgehead atoms. The van der Waals surface area contributed by atoms with Crippen molar-refractivity contribution in [3.05, 3.63) is 41.3 Å². The smallest absolute Gasteiger partial charge is 0.227 e. The van der Waals surface area contributed by atoms with E-state index in [1.54, 1.807) is 0 Å². The molecule has 0 aromatic carbocycles. The molecule has 1 saturated heterocycles. The molecule has 1 aliphatic carbocycles. The molecule has 0 spiro atoms. The van der Waals surface area contributed by atoms with Crippen molar-refractivity contribution in [3.63, 3.8) is 0 Å². The molecular formula is C18H23N5. The lowest BCUT2D eigenvalue weighted by molar-refractivity contribution is 0.513. The molecule has 5 nitrogen and oxygen atoms in total. The van der Waals surface area contributed by atoms with E-state index in [2.05, 4.69) is 22.0 Å². The lowest BCUT2D eigenvalue weighted by atomic mass is 9.90. The number of aromatic nitrogens is 3. The van der Waals surface area contributed by atoms with Crippen LogP contribution in [0.2, 0.25) is 0 Å². The van der Waals surface area contributed by atoms with Crippen LogP contribution in [0.4, 0.5) is 11.8 Å². The normalized spacial score (nSPS) is 17.6. The molecule has 4 rings (SSSR count). The Morgan fingerprint density at radius 2 is 1.78 bits per heavy atom. The van der Waals surface area contributed by atoms with E-state index in [-0.39, 0.29) is 0 Å². The van der Waals surface area contributed by atoms with Crippen molar-refractivity contribution in [1.82, 2.24) is 15.0 Å². The van der Waals surface area contributed by atoms with Crippen molar-refractivity contribution in [2.24, 2.45) is 0 Å². The van der Waals surface area contributed by atoms with Gasteiger partial charge in [0, 0.05) is 51.1 Å². The Labute approximate surface area is 137 Å². The average Bonchev–Trinajstić information content (AvgIpc) is 2.54. The maximum absolute atomic E-state index is 4.86. The van der Waals surface area contributed by atoms with Crippen LogP contribution in [-0.4, -0.2) is 42.1 Å².